The molecule has 0 unspecified atom stereocenters. The van der Waals surface area contributed by atoms with Crippen LogP contribution in [0.25, 0.3) is 0 Å². The van der Waals surface area contributed by atoms with Gasteiger partial charge in [0.05, 0.1) is 12.9 Å². The molecule has 1 heterocycles. The maximum atomic E-state index is 10.4. The molecule has 25 heavy (non-hydrogen) atoms. The number of aliphatic hydroxyl groups is 1. The van der Waals surface area contributed by atoms with E-state index in [0.29, 0.717) is 13.2 Å². The second-order valence-electron chi connectivity index (χ2n) is 7.95. The first-order valence-electron chi connectivity index (χ1n) is 9.23. The second kappa shape index (κ2) is 8.25. The Morgan fingerprint density at radius 3 is 2.84 bits per heavy atom. The van der Waals surface area contributed by atoms with Crippen LogP contribution in [0.4, 0.5) is 0 Å². The van der Waals surface area contributed by atoms with Crippen molar-refractivity contribution in [1.82, 2.24) is 0 Å². The van der Waals surface area contributed by atoms with Gasteiger partial charge in [-0.05, 0) is 63.5 Å². The second-order valence-corrected chi connectivity index (χ2v) is 7.95. The zero-order valence-corrected chi connectivity index (χ0v) is 16.3. The van der Waals surface area contributed by atoms with Crippen molar-refractivity contribution >= 4 is 0 Å². The summed E-state index contributed by atoms with van der Waals surface area (Å²) < 4.78 is 10.9. The summed E-state index contributed by atoms with van der Waals surface area (Å²) in [6.07, 6.45) is 9.36. The van der Waals surface area contributed by atoms with Gasteiger partial charge in [-0.15, -0.1) is 0 Å². The Kier molecular flexibility index (Phi) is 6.54. The van der Waals surface area contributed by atoms with Crippen molar-refractivity contribution < 1.29 is 14.6 Å². The van der Waals surface area contributed by atoms with Gasteiger partial charge in [0.1, 0.15) is 18.3 Å². The Hall–Kier alpha value is -1.50. The number of ether oxygens (including phenoxy) is 2. The predicted octanol–water partition coefficient (Wildman–Crippen LogP) is 4.53. The lowest BCUT2D eigenvalue weighted by Crippen LogP contribution is -2.24. The topological polar surface area (TPSA) is 38.7 Å². The van der Waals surface area contributed by atoms with Crippen LogP contribution in [-0.2, 0) is 9.47 Å². The third kappa shape index (κ3) is 5.49. The van der Waals surface area contributed by atoms with Crippen molar-refractivity contribution in [2.45, 2.75) is 72.0 Å². The van der Waals surface area contributed by atoms with Crippen LogP contribution in [0.3, 0.4) is 0 Å². The molecule has 3 nitrogen and oxygen atoms in total. The van der Waals surface area contributed by atoms with Crippen LogP contribution >= 0.6 is 0 Å². The van der Waals surface area contributed by atoms with Crippen LogP contribution in [0.1, 0.15) is 60.3 Å². The van der Waals surface area contributed by atoms with Crippen LogP contribution in [0.2, 0.25) is 0 Å². The molecular formula is C22H32O3. The zero-order valence-electron chi connectivity index (χ0n) is 16.3. The summed E-state index contributed by atoms with van der Waals surface area (Å²) in [4.78, 5) is 0. The highest BCUT2D eigenvalue weighted by Gasteiger charge is 2.27. The molecule has 0 saturated heterocycles. The van der Waals surface area contributed by atoms with Gasteiger partial charge < -0.3 is 14.6 Å². The normalized spacial score (nSPS) is 27.8. The molecule has 1 N–H and O–H groups in total. The van der Waals surface area contributed by atoms with Crippen molar-refractivity contribution in [3.63, 3.8) is 0 Å². The number of hydrogen-bond donors (Lipinski definition) is 1. The molecule has 0 saturated carbocycles. The van der Waals surface area contributed by atoms with E-state index in [1.807, 2.05) is 13.8 Å². The van der Waals surface area contributed by atoms with Crippen molar-refractivity contribution in [2.75, 3.05) is 13.2 Å². The van der Waals surface area contributed by atoms with E-state index < -0.39 is 11.7 Å². The van der Waals surface area contributed by atoms with E-state index in [1.165, 1.54) is 30.4 Å². The first-order valence-corrected chi connectivity index (χ1v) is 9.23. The smallest absolute Gasteiger partial charge is 0.147 e. The van der Waals surface area contributed by atoms with Gasteiger partial charge in [-0.3, -0.25) is 0 Å². The molecule has 2 atom stereocenters. The molecule has 0 amide bonds. The number of aliphatic hydroxyl groups excluding tert-OH is 1. The Morgan fingerprint density at radius 1 is 1.36 bits per heavy atom. The van der Waals surface area contributed by atoms with E-state index >= 15 is 0 Å². The lowest BCUT2D eigenvalue weighted by Gasteiger charge is -2.34. The van der Waals surface area contributed by atoms with Crippen molar-refractivity contribution in [1.29, 1.82) is 0 Å². The van der Waals surface area contributed by atoms with E-state index in [2.05, 4.69) is 38.7 Å². The van der Waals surface area contributed by atoms with Gasteiger partial charge >= 0.3 is 0 Å². The molecule has 0 bridgehead atoms. The summed E-state index contributed by atoms with van der Waals surface area (Å²) in [6, 6.07) is 0. The van der Waals surface area contributed by atoms with Gasteiger partial charge in [0.25, 0.3) is 0 Å². The minimum Gasteiger partial charge on any atom is -0.499 e. The van der Waals surface area contributed by atoms with Gasteiger partial charge in [-0.1, -0.05) is 42.9 Å². The first-order chi connectivity index (χ1) is 11.7. The molecule has 3 heteroatoms. The maximum absolute atomic E-state index is 10.4. The summed E-state index contributed by atoms with van der Waals surface area (Å²) in [5, 5.41) is 10.4. The van der Waals surface area contributed by atoms with E-state index in [1.54, 1.807) is 12.3 Å². The molecule has 0 aromatic heterocycles. The van der Waals surface area contributed by atoms with Crippen LogP contribution < -0.4 is 0 Å². The van der Waals surface area contributed by atoms with Crippen molar-refractivity contribution in [3.8, 4) is 11.8 Å². The first kappa shape index (κ1) is 19.8. The fourth-order valence-corrected chi connectivity index (χ4v) is 3.50. The minimum absolute atomic E-state index is 0.252. The molecule has 2 aliphatic rings. The molecule has 0 aromatic rings. The van der Waals surface area contributed by atoms with Crippen molar-refractivity contribution in [3.05, 3.63) is 35.1 Å². The molecule has 1 aliphatic heterocycles. The van der Waals surface area contributed by atoms with Crippen LogP contribution in [0.15, 0.2) is 35.1 Å². The van der Waals surface area contributed by atoms with Crippen LogP contribution in [0.5, 0.6) is 0 Å². The zero-order chi connectivity index (χ0) is 18.5. The molecule has 0 spiro atoms. The highest BCUT2D eigenvalue weighted by atomic mass is 16.5. The van der Waals surface area contributed by atoms with Gasteiger partial charge in [0.2, 0.25) is 0 Å². The average Bonchev–Trinajstić information content (AvgIpc) is 2.76. The van der Waals surface area contributed by atoms with E-state index in [-0.39, 0.29) is 5.41 Å². The Labute approximate surface area is 152 Å². The SMILES string of the molecule is CC1=C(C/C=C(\C)[C@H](O)C#C[C@]2(C)C=COCCO2)C(C)(C)CCC1. The number of hydrogen-bond acceptors (Lipinski definition) is 3. The molecule has 1 aliphatic carbocycles. The Balaban J connectivity index is 2.06. The molecule has 0 aromatic carbocycles. The average molecular weight is 344 g/mol. The summed E-state index contributed by atoms with van der Waals surface area (Å²) >= 11 is 0. The third-order valence-corrected chi connectivity index (χ3v) is 5.29. The quantitative estimate of drug-likeness (QED) is 0.604. The monoisotopic (exact) mass is 344 g/mol. The van der Waals surface area contributed by atoms with E-state index in [0.717, 1.165) is 12.0 Å². The lowest BCUT2D eigenvalue weighted by molar-refractivity contribution is 0.0352. The van der Waals surface area contributed by atoms with E-state index in [9.17, 15) is 5.11 Å². The van der Waals surface area contributed by atoms with Gasteiger partial charge in [-0.25, -0.2) is 0 Å². The highest BCUT2D eigenvalue weighted by Crippen LogP contribution is 2.42. The Bertz CT molecular complexity index is 627. The largest absolute Gasteiger partial charge is 0.499 e. The fraction of sp³-hybridized carbons (Fsp3) is 0.636. The molecule has 2 rings (SSSR count). The van der Waals surface area contributed by atoms with Crippen molar-refractivity contribution in [2.24, 2.45) is 5.41 Å². The summed E-state index contributed by atoms with van der Waals surface area (Å²) in [6.45, 7) is 11.7. The third-order valence-electron chi connectivity index (χ3n) is 5.29. The number of allylic oxidation sites excluding steroid dienone is 3. The minimum atomic E-state index is -0.773. The predicted molar refractivity (Wildman–Crippen MR) is 102 cm³/mol. The van der Waals surface area contributed by atoms with Gasteiger partial charge in [0.15, 0.2) is 0 Å². The molecular weight excluding hydrogens is 312 g/mol. The maximum Gasteiger partial charge on any atom is 0.147 e. The number of rotatable bonds is 3. The molecule has 0 radical (unpaired) electrons. The highest BCUT2D eigenvalue weighted by molar-refractivity contribution is 5.30. The summed E-state index contributed by atoms with van der Waals surface area (Å²) in [5.74, 6) is 5.97. The fourth-order valence-electron chi connectivity index (χ4n) is 3.50. The van der Waals surface area contributed by atoms with Gasteiger partial charge in [-0.2, -0.15) is 0 Å². The van der Waals surface area contributed by atoms with Gasteiger partial charge in [0, 0.05) is 0 Å². The van der Waals surface area contributed by atoms with Crippen LogP contribution in [0, 0.1) is 17.3 Å². The lowest BCUT2D eigenvalue weighted by atomic mass is 9.71. The van der Waals surface area contributed by atoms with Crippen LogP contribution in [-0.4, -0.2) is 30.0 Å². The molecule has 0 fully saturated rings. The standard InChI is InChI=1S/C22H32O3/c1-17-7-6-11-21(3,4)19(17)9-8-18(2)20(23)10-12-22(5)13-14-24-15-16-25-22/h8,13-14,20,23H,6-7,9,11,15-16H2,1-5H3/b18-8+/t20-,22-/m1/s1. The molecule has 138 valence electrons. The van der Waals surface area contributed by atoms with E-state index in [4.69, 9.17) is 9.47 Å². The summed E-state index contributed by atoms with van der Waals surface area (Å²) in [7, 11) is 0. The summed E-state index contributed by atoms with van der Waals surface area (Å²) in [5.41, 5.74) is 3.46. The Morgan fingerprint density at radius 2 is 2.12 bits per heavy atom.